The zero-order chi connectivity index (χ0) is 14.2. The molecular formula is C15H24N4. The normalized spacial score (nSPS) is 13.1. The van der Waals surface area contributed by atoms with E-state index in [1.165, 1.54) is 24.1 Å². The fourth-order valence-corrected chi connectivity index (χ4v) is 2.93. The van der Waals surface area contributed by atoms with Gasteiger partial charge in [-0.25, -0.2) is 9.97 Å². The number of rotatable bonds is 4. The van der Waals surface area contributed by atoms with Crippen LogP contribution in [0.4, 0.5) is 5.82 Å². The van der Waals surface area contributed by atoms with E-state index in [9.17, 15) is 0 Å². The van der Waals surface area contributed by atoms with Crippen LogP contribution in [0.2, 0.25) is 0 Å². The van der Waals surface area contributed by atoms with Gasteiger partial charge in [0.2, 0.25) is 0 Å². The minimum absolute atomic E-state index is 0.495. The van der Waals surface area contributed by atoms with Gasteiger partial charge < -0.3 is 10.3 Å². The Morgan fingerprint density at radius 1 is 1.16 bits per heavy atom. The first-order valence-electron chi connectivity index (χ1n) is 7.12. The molecule has 0 aliphatic heterocycles. The van der Waals surface area contributed by atoms with Gasteiger partial charge in [-0.3, -0.25) is 0 Å². The van der Waals surface area contributed by atoms with E-state index < -0.39 is 0 Å². The van der Waals surface area contributed by atoms with Crippen LogP contribution < -0.4 is 5.73 Å². The van der Waals surface area contributed by atoms with E-state index in [0.29, 0.717) is 11.9 Å². The summed E-state index contributed by atoms with van der Waals surface area (Å²) in [7, 11) is 0. The van der Waals surface area contributed by atoms with E-state index >= 15 is 0 Å². The third-order valence-electron chi connectivity index (χ3n) is 4.00. The van der Waals surface area contributed by atoms with E-state index in [0.717, 1.165) is 23.3 Å². The highest BCUT2D eigenvalue weighted by molar-refractivity contribution is 5.91. The highest BCUT2D eigenvalue weighted by Crippen LogP contribution is 2.32. The number of anilines is 1. The van der Waals surface area contributed by atoms with Crippen LogP contribution in [0.15, 0.2) is 0 Å². The lowest BCUT2D eigenvalue weighted by molar-refractivity contribution is 0.450. The molecule has 1 atom stereocenters. The number of hydrogen-bond acceptors (Lipinski definition) is 3. The summed E-state index contributed by atoms with van der Waals surface area (Å²) in [5.41, 5.74) is 9.57. The first-order chi connectivity index (χ1) is 9.01. The summed E-state index contributed by atoms with van der Waals surface area (Å²) < 4.78 is 2.36. The molecule has 19 heavy (non-hydrogen) atoms. The lowest BCUT2D eigenvalue weighted by Gasteiger charge is -2.19. The Hall–Kier alpha value is -1.58. The van der Waals surface area contributed by atoms with Crippen LogP contribution >= 0.6 is 0 Å². The summed E-state index contributed by atoms with van der Waals surface area (Å²) in [6.45, 7) is 10.6. The maximum atomic E-state index is 6.09. The molecule has 0 aliphatic carbocycles. The average molecular weight is 260 g/mol. The minimum Gasteiger partial charge on any atom is -0.383 e. The van der Waals surface area contributed by atoms with Gasteiger partial charge in [-0.1, -0.05) is 20.3 Å². The van der Waals surface area contributed by atoms with Gasteiger partial charge in [0, 0.05) is 11.7 Å². The Morgan fingerprint density at radius 2 is 1.84 bits per heavy atom. The van der Waals surface area contributed by atoms with Gasteiger partial charge in [0.05, 0.1) is 5.39 Å². The molecule has 2 rings (SSSR count). The van der Waals surface area contributed by atoms with Crippen molar-refractivity contribution >= 4 is 16.9 Å². The van der Waals surface area contributed by atoms with E-state index in [1.807, 2.05) is 6.92 Å². The molecule has 4 nitrogen and oxygen atoms in total. The summed E-state index contributed by atoms with van der Waals surface area (Å²) in [6, 6.07) is 0.495. The van der Waals surface area contributed by atoms with Crippen molar-refractivity contribution in [2.45, 2.75) is 59.9 Å². The number of nitrogen functional groups attached to an aromatic ring is 1. The summed E-state index contributed by atoms with van der Waals surface area (Å²) in [6.07, 6.45) is 3.46. The molecule has 2 heterocycles. The summed E-state index contributed by atoms with van der Waals surface area (Å²) in [4.78, 5) is 8.94. The van der Waals surface area contributed by atoms with Crippen molar-refractivity contribution < 1.29 is 0 Å². The Bertz CT molecular complexity index is 598. The standard InChI is InChI=1S/C15H24N4/c1-6-8-12(7-2)19-10(4)9(3)13-14(16)17-11(5)18-15(13)19/h12H,6-8H2,1-5H3,(H2,16,17,18). The number of nitrogens with zero attached hydrogens (tertiary/aromatic N) is 3. The van der Waals surface area contributed by atoms with E-state index in [1.54, 1.807) is 0 Å². The topological polar surface area (TPSA) is 56.7 Å². The number of hydrogen-bond donors (Lipinski definition) is 1. The van der Waals surface area contributed by atoms with Crippen molar-refractivity contribution in [1.82, 2.24) is 14.5 Å². The Morgan fingerprint density at radius 3 is 2.42 bits per heavy atom. The quantitative estimate of drug-likeness (QED) is 0.912. The van der Waals surface area contributed by atoms with Crippen LogP contribution in [0, 0.1) is 20.8 Å². The summed E-state index contributed by atoms with van der Waals surface area (Å²) >= 11 is 0. The molecule has 0 aliphatic rings. The molecule has 2 aromatic rings. The van der Waals surface area contributed by atoms with Crippen molar-refractivity contribution in [3.05, 3.63) is 17.1 Å². The first-order valence-corrected chi connectivity index (χ1v) is 7.12. The molecular weight excluding hydrogens is 236 g/mol. The molecule has 4 heteroatoms. The van der Waals surface area contributed by atoms with Gasteiger partial charge in [0.15, 0.2) is 0 Å². The van der Waals surface area contributed by atoms with Crippen LogP contribution in [0.5, 0.6) is 0 Å². The molecule has 0 bridgehead atoms. The minimum atomic E-state index is 0.495. The fraction of sp³-hybridized carbons (Fsp3) is 0.600. The highest BCUT2D eigenvalue weighted by Gasteiger charge is 2.20. The zero-order valence-corrected chi connectivity index (χ0v) is 12.6. The second-order valence-corrected chi connectivity index (χ2v) is 5.29. The maximum Gasteiger partial charge on any atom is 0.146 e. The Kier molecular flexibility index (Phi) is 3.78. The van der Waals surface area contributed by atoms with Gasteiger partial charge in [-0.05, 0) is 39.2 Å². The van der Waals surface area contributed by atoms with Crippen molar-refractivity contribution in [2.75, 3.05) is 5.73 Å². The number of fused-ring (bicyclic) bond motifs is 1. The van der Waals surface area contributed by atoms with E-state index in [2.05, 4.69) is 42.2 Å². The second kappa shape index (κ2) is 5.19. The maximum absolute atomic E-state index is 6.09. The summed E-state index contributed by atoms with van der Waals surface area (Å²) in [5.74, 6) is 1.35. The first kappa shape index (κ1) is 13.8. The van der Waals surface area contributed by atoms with Gasteiger partial charge >= 0.3 is 0 Å². The average Bonchev–Trinajstić information content (AvgIpc) is 2.59. The van der Waals surface area contributed by atoms with E-state index in [4.69, 9.17) is 5.73 Å². The van der Waals surface area contributed by atoms with Crippen LogP contribution in [0.3, 0.4) is 0 Å². The largest absolute Gasteiger partial charge is 0.383 e. The molecule has 104 valence electrons. The van der Waals surface area contributed by atoms with Gasteiger partial charge in [-0.15, -0.1) is 0 Å². The summed E-state index contributed by atoms with van der Waals surface area (Å²) in [5, 5.41) is 1.03. The third-order valence-corrected chi connectivity index (χ3v) is 4.00. The molecule has 0 aromatic carbocycles. The Labute approximate surface area is 115 Å². The van der Waals surface area contributed by atoms with Crippen molar-refractivity contribution in [3.8, 4) is 0 Å². The number of aryl methyl sites for hydroxylation is 2. The van der Waals surface area contributed by atoms with E-state index in [-0.39, 0.29) is 0 Å². The number of aromatic nitrogens is 3. The molecule has 0 saturated heterocycles. The lowest BCUT2D eigenvalue weighted by atomic mass is 10.1. The molecule has 2 N–H and O–H groups in total. The predicted molar refractivity (Wildman–Crippen MR) is 80.4 cm³/mol. The van der Waals surface area contributed by atoms with Crippen LogP contribution in [0.25, 0.3) is 11.0 Å². The van der Waals surface area contributed by atoms with Gasteiger partial charge in [0.1, 0.15) is 17.3 Å². The number of nitrogens with two attached hydrogens (primary N) is 1. The Balaban J connectivity index is 2.76. The molecule has 0 amide bonds. The zero-order valence-electron chi connectivity index (χ0n) is 12.6. The van der Waals surface area contributed by atoms with Gasteiger partial charge in [-0.2, -0.15) is 0 Å². The van der Waals surface area contributed by atoms with Crippen molar-refractivity contribution in [3.63, 3.8) is 0 Å². The van der Waals surface area contributed by atoms with Crippen molar-refractivity contribution in [2.24, 2.45) is 0 Å². The van der Waals surface area contributed by atoms with Crippen molar-refractivity contribution in [1.29, 1.82) is 0 Å². The smallest absolute Gasteiger partial charge is 0.146 e. The monoisotopic (exact) mass is 260 g/mol. The van der Waals surface area contributed by atoms with Crippen LogP contribution in [-0.4, -0.2) is 14.5 Å². The molecule has 0 spiro atoms. The van der Waals surface area contributed by atoms with Crippen LogP contribution in [-0.2, 0) is 0 Å². The fourth-order valence-electron chi connectivity index (χ4n) is 2.93. The lowest BCUT2D eigenvalue weighted by Crippen LogP contribution is -2.11. The second-order valence-electron chi connectivity index (χ2n) is 5.29. The highest BCUT2D eigenvalue weighted by atomic mass is 15.1. The van der Waals surface area contributed by atoms with Gasteiger partial charge in [0.25, 0.3) is 0 Å². The molecule has 0 radical (unpaired) electrons. The molecule has 1 unspecified atom stereocenters. The predicted octanol–water partition coefficient (Wildman–Crippen LogP) is 3.69. The third kappa shape index (κ3) is 2.20. The molecule has 2 aromatic heterocycles. The SMILES string of the molecule is CCCC(CC)n1c(C)c(C)c2c(N)nc(C)nc21. The van der Waals surface area contributed by atoms with Crippen LogP contribution in [0.1, 0.15) is 56.2 Å². The molecule has 0 fully saturated rings. The molecule has 0 saturated carbocycles.